The van der Waals surface area contributed by atoms with Gasteiger partial charge in [0, 0.05) is 5.41 Å². The number of esters is 1. The molecule has 128 valence electrons. The summed E-state index contributed by atoms with van der Waals surface area (Å²) in [5, 5.41) is 11.3. The van der Waals surface area contributed by atoms with Crippen molar-refractivity contribution in [3.05, 3.63) is 33.5 Å². The molecule has 0 saturated heterocycles. The van der Waals surface area contributed by atoms with Crippen LogP contribution in [0.1, 0.15) is 26.3 Å². The van der Waals surface area contributed by atoms with E-state index in [0.717, 1.165) is 0 Å². The van der Waals surface area contributed by atoms with Crippen LogP contribution in [0.5, 0.6) is 11.5 Å². The van der Waals surface area contributed by atoms with E-state index in [-0.39, 0.29) is 28.6 Å². The van der Waals surface area contributed by atoms with Crippen LogP contribution in [0.4, 0.5) is 5.69 Å². The average Bonchev–Trinajstić information content (AvgIpc) is 2.87. The van der Waals surface area contributed by atoms with Crippen LogP contribution >= 0.6 is 0 Å². The van der Waals surface area contributed by atoms with Crippen molar-refractivity contribution in [2.24, 2.45) is 10.4 Å². The lowest BCUT2D eigenvalue weighted by molar-refractivity contribution is -0.385. The van der Waals surface area contributed by atoms with Crippen LogP contribution in [0.25, 0.3) is 6.08 Å². The molecule has 0 saturated carbocycles. The molecule has 0 N–H and O–H groups in total. The third-order valence-electron chi connectivity index (χ3n) is 3.28. The Morgan fingerprint density at radius 1 is 1.21 bits per heavy atom. The molecule has 0 aliphatic carbocycles. The summed E-state index contributed by atoms with van der Waals surface area (Å²) in [5.41, 5.74) is -0.513. The number of methoxy groups -OCH3 is 2. The fraction of sp³-hybridized carbons (Fsp3) is 0.375. The second-order valence-electron chi connectivity index (χ2n) is 6.11. The summed E-state index contributed by atoms with van der Waals surface area (Å²) in [7, 11) is 2.80. The van der Waals surface area contributed by atoms with Gasteiger partial charge in [0.2, 0.25) is 5.90 Å². The largest absolute Gasteiger partial charge is 0.493 e. The van der Waals surface area contributed by atoms with Crippen molar-refractivity contribution in [1.82, 2.24) is 0 Å². The van der Waals surface area contributed by atoms with Crippen molar-refractivity contribution in [2.45, 2.75) is 20.8 Å². The van der Waals surface area contributed by atoms with Crippen molar-refractivity contribution in [1.29, 1.82) is 0 Å². The van der Waals surface area contributed by atoms with Crippen LogP contribution < -0.4 is 9.47 Å². The Labute approximate surface area is 138 Å². The molecule has 1 heterocycles. The first-order valence-corrected chi connectivity index (χ1v) is 7.11. The number of carbonyl (C=O) groups excluding carboxylic acids is 1. The molecule has 1 aromatic rings. The minimum Gasteiger partial charge on any atom is -0.493 e. The summed E-state index contributed by atoms with van der Waals surface area (Å²) in [4.78, 5) is 26.8. The molecule has 1 aromatic carbocycles. The summed E-state index contributed by atoms with van der Waals surface area (Å²) < 4.78 is 15.3. The van der Waals surface area contributed by atoms with Gasteiger partial charge in [0.1, 0.15) is 0 Å². The number of benzene rings is 1. The number of hydrogen-bond acceptors (Lipinski definition) is 7. The standard InChI is InChI=1S/C16H18N2O6/c1-16(2,3)15-17-10(14(19)24-15)6-9-7-12(22-4)13(23-5)8-11(9)18(20)21/h6-8H,1-5H3/b10-6-. The van der Waals surface area contributed by atoms with E-state index in [0.29, 0.717) is 5.75 Å². The van der Waals surface area contributed by atoms with Crippen LogP contribution in [0.3, 0.4) is 0 Å². The van der Waals surface area contributed by atoms with Crippen molar-refractivity contribution >= 4 is 23.6 Å². The third kappa shape index (κ3) is 3.37. The van der Waals surface area contributed by atoms with Crippen molar-refractivity contribution in [2.75, 3.05) is 14.2 Å². The number of cyclic esters (lactones) is 1. The van der Waals surface area contributed by atoms with Gasteiger partial charge in [-0.05, 0) is 12.1 Å². The number of ether oxygens (including phenoxy) is 3. The molecule has 1 aliphatic rings. The molecule has 0 amide bonds. The van der Waals surface area contributed by atoms with Gasteiger partial charge in [-0.15, -0.1) is 0 Å². The van der Waals surface area contributed by atoms with Crippen LogP contribution in [0, 0.1) is 15.5 Å². The first kappa shape index (κ1) is 17.5. The molecule has 8 nitrogen and oxygen atoms in total. The van der Waals surface area contributed by atoms with Crippen LogP contribution in [-0.2, 0) is 9.53 Å². The van der Waals surface area contributed by atoms with Crippen molar-refractivity contribution in [3.8, 4) is 11.5 Å². The van der Waals surface area contributed by atoms with Gasteiger partial charge in [-0.3, -0.25) is 10.1 Å². The lowest BCUT2D eigenvalue weighted by Gasteiger charge is -2.15. The number of carbonyl (C=O) groups is 1. The minimum atomic E-state index is -0.649. The number of rotatable bonds is 4. The third-order valence-corrected chi connectivity index (χ3v) is 3.28. The minimum absolute atomic E-state index is 0.00440. The number of nitro benzene ring substituents is 1. The molecule has 0 fully saturated rings. The monoisotopic (exact) mass is 334 g/mol. The first-order valence-electron chi connectivity index (χ1n) is 7.11. The smallest absolute Gasteiger partial charge is 0.363 e. The quantitative estimate of drug-likeness (QED) is 0.363. The van der Waals surface area contributed by atoms with E-state index in [1.807, 2.05) is 20.8 Å². The molecule has 1 aliphatic heterocycles. The Balaban J connectivity index is 2.58. The molecule has 2 rings (SSSR count). The van der Waals surface area contributed by atoms with Crippen molar-refractivity contribution < 1.29 is 23.9 Å². The van der Waals surface area contributed by atoms with Crippen LogP contribution in [0.15, 0.2) is 22.8 Å². The van der Waals surface area contributed by atoms with E-state index in [1.165, 1.54) is 32.4 Å². The lowest BCUT2D eigenvalue weighted by Crippen LogP contribution is -2.21. The highest BCUT2D eigenvalue weighted by Crippen LogP contribution is 2.36. The van der Waals surface area contributed by atoms with Gasteiger partial charge >= 0.3 is 5.97 Å². The summed E-state index contributed by atoms with van der Waals surface area (Å²) >= 11 is 0. The highest BCUT2D eigenvalue weighted by Gasteiger charge is 2.32. The predicted molar refractivity (Wildman–Crippen MR) is 87.2 cm³/mol. The second-order valence-corrected chi connectivity index (χ2v) is 6.11. The molecular weight excluding hydrogens is 316 g/mol. The maximum atomic E-state index is 12.0. The number of nitro groups is 1. The molecular formula is C16H18N2O6. The fourth-order valence-electron chi connectivity index (χ4n) is 2.03. The first-order chi connectivity index (χ1) is 11.2. The maximum Gasteiger partial charge on any atom is 0.363 e. The Hall–Kier alpha value is -2.90. The molecule has 0 radical (unpaired) electrons. The van der Waals surface area contributed by atoms with E-state index in [4.69, 9.17) is 14.2 Å². The van der Waals surface area contributed by atoms with Gasteiger partial charge < -0.3 is 14.2 Å². The Bertz CT molecular complexity index is 759. The molecule has 8 heteroatoms. The molecule has 0 aromatic heterocycles. The molecule has 0 atom stereocenters. The van der Waals surface area contributed by atoms with E-state index < -0.39 is 16.3 Å². The Morgan fingerprint density at radius 2 is 1.79 bits per heavy atom. The number of nitrogens with zero attached hydrogens (tertiary/aromatic N) is 2. The van der Waals surface area contributed by atoms with E-state index >= 15 is 0 Å². The molecule has 24 heavy (non-hydrogen) atoms. The van der Waals surface area contributed by atoms with E-state index in [1.54, 1.807) is 0 Å². The molecule has 0 spiro atoms. The second kappa shape index (κ2) is 6.31. The SMILES string of the molecule is COc1cc(/C=C2\N=C(C(C)(C)C)OC2=O)c([N+](=O)[O-])cc1OC. The summed E-state index contributed by atoms with van der Waals surface area (Å²) in [6.45, 7) is 5.54. The average molecular weight is 334 g/mol. The van der Waals surface area contributed by atoms with Crippen molar-refractivity contribution in [3.63, 3.8) is 0 Å². The normalized spacial score (nSPS) is 16.0. The van der Waals surface area contributed by atoms with Gasteiger partial charge in [0.05, 0.1) is 30.8 Å². The predicted octanol–water partition coefficient (Wildman–Crippen LogP) is 2.95. The van der Waals surface area contributed by atoms with Gasteiger partial charge in [-0.2, -0.15) is 0 Å². The zero-order chi connectivity index (χ0) is 18.1. The summed E-state index contributed by atoms with van der Waals surface area (Å²) in [5.74, 6) is 0.145. The van der Waals surface area contributed by atoms with Gasteiger partial charge in [0.25, 0.3) is 5.69 Å². The van der Waals surface area contributed by atoms with Crippen LogP contribution in [0.2, 0.25) is 0 Å². The van der Waals surface area contributed by atoms with Gasteiger partial charge in [0.15, 0.2) is 17.2 Å². The Morgan fingerprint density at radius 3 is 2.25 bits per heavy atom. The molecule has 0 bridgehead atoms. The van der Waals surface area contributed by atoms with E-state index in [9.17, 15) is 14.9 Å². The maximum absolute atomic E-state index is 12.0. The van der Waals surface area contributed by atoms with E-state index in [2.05, 4.69) is 4.99 Å². The summed E-state index contributed by atoms with van der Waals surface area (Å²) in [6.07, 6.45) is 1.31. The molecule has 0 unspecified atom stereocenters. The zero-order valence-electron chi connectivity index (χ0n) is 14.1. The summed E-state index contributed by atoms with van der Waals surface area (Å²) in [6, 6.07) is 2.65. The Kier molecular flexibility index (Phi) is 4.59. The topological polar surface area (TPSA) is 100 Å². The highest BCUT2D eigenvalue weighted by molar-refractivity contribution is 6.08. The van der Waals surface area contributed by atoms with Crippen LogP contribution in [-0.4, -0.2) is 31.0 Å². The lowest BCUT2D eigenvalue weighted by atomic mass is 9.97. The number of hydrogen-bond donors (Lipinski definition) is 0. The van der Waals surface area contributed by atoms with Gasteiger partial charge in [-0.1, -0.05) is 20.8 Å². The highest BCUT2D eigenvalue weighted by atomic mass is 16.6. The zero-order valence-corrected chi connectivity index (χ0v) is 14.1. The van der Waals surface area contributed by atoms with Gasteiger partial charge in [-0.25, -0.2) is 9.79 Å². The number of aliphatic imine (C=N–C) groups is 1. The fourth-order valence-corrected chi connectivity index (χ4v) is 2.03.